The molecule has 0 aliphatic heterocycles. The lowest BCUT2D eigenvalue weighted by Gasteiger charge is -2.21. The van der Waals surface area contributed by atoms with Crippen molar-refractivity contribution >= 4 is 80.5 Å². The third-order valence-electron chi connectivity index (χ3n) is 2.48. The molecule has 34 nitrogen and oxygen atoms in total. The molecule has 0 aliphatic rings. The van der Waals surface area contributed by atoms with Crippen LogP contribution in [0.3, 0.4) is 0 Å². The largest absolute Gasteiger partial charge is 0.631 e. The summed E-state index contributed by atoms with van der Waals surface area (Å²) in [6.45, 7) is 10.8. The molecule has 0 saturated carbocycles. The second-order valence-corrected chi connectivity index (χ2v) is 7.71. The van der Waals surface area contributed by atoms with Gasteiger partial charge >= 0.3 is 80.5 Å². The van der Waals surface area contributed by atoms with Crippen LogP contribution in [0.25, 0.3) is 0 Å². The molecule has 0 aromatic carbocycles. The summed E-state index contributed by atoms with van der Waals surface area (Å²) in [4.78, 5) is 2.64. The summed E-state index contributed by atoms with van der Waals surface area (Å²) in [5.41, 5.74) is 0. The van der Waals surface area contributed by atoms with E-state index in [2.05, 4.69) is 25.7 Å². The summed E-state index contributed by atoms with van der Waals surface area (Å²) in [5.74, 6) is 0. The van der Waals surface area contributed by atoms with Crippen LogP contribution in [0.4, 0.5) is 0 Å². The van der Waals surface area contributed by atoms with Crippen LogP contribution in [0.2, 0.25) is 0 Å². The average molecular weight is 866 g/mol. The van der Waals surface area contributed by atoms with Gasteiger partial charge < -0.3 is 171 Å². The fourth-order valence-electron chi connectivity index (χ4n) is 1.48. The van der Waals surface area contributed by atoms with Gasteiger partial charge in [0.05, 0.1) is 0 Å². The number of unbranched alkanes of at least 4 members (excludes halogenated alkanes) is 3. The van der Waals surface area contributed by atoms with E-state index in [1.165, 1.54) is 58.2 Å². The first-order valence-electron chi connectivity index (χ1n) is 14.6. The first-order chi connectivity index (χ1) is 25.4. The van der Waals surface area contributed by atoms with Gasteiger partial charge in [-0.25, -0.2) is 0 Å². The minimum absolute atomic E-state index is 1.32. The van der Waals surface area contributed by atoms with Crippen molar-refractivity contribution in [3.63, 3.8) is 0 Å². The number of nitrogens with zero attached hydrogens (tertiary/aromatic N) is 1. The number of hydrogen-bond acceptors (Lipinski definition) is 34. The molecule has 0 aromatic heterocycles. The second-order valence-electron chi connectivity index (χ2n) is 7.71. The summed E-state index contributed by atoms with van der Waals surface area (Å²) in [5, 5.41) is 236. The van der Waals surface area contributed by atoms with Crippen molar-refractivity contribution in [3.05, 3.63) is 0 Å². The molecular formula is C12H60B11NO33. The van der Waals surface area contributed by atoms with Crippen molar-refractivity contribution < 1.29 is 166 Å². The van der Waals surface area contributed by atoms with Gasteiger partial charge in [0.1, 0.15) is 0 Å². The van der Waals surface area contributed by atoms with E-state index in [-0.39, 0.29) is 0 Å². The number of rotatable bonds is 9. The zero-order valence-corrected chi connectivity index (χ0v) is 30.9. The van der Waals surface area contributed by atoms with Crippen LogP contribution in [-0.2, 0) is 0 Å². The first kappa shape index (κ1) is 87.8. The average Bonchev–Trinajstić information content (AvgIpc) is 2.89. The van der Waals surface area contributed by atoms with Crippen molar-refractivity contribution in [3.8, 4) is 0 Å². The normalized spacial score (nSPS) is 7.74. The lowest BCUT2D eigenvalue weighted by molar-refractivity contribution is 0.261. The van der Waals surface area contributed by atoms with Crippen LogP contribution >= 0.6 is 0 Å². The monoisotopic (exact) mass is 867 g/mol. The van der Waals surface area contributed by atoms with Crippen LogP contribution in [0, 0.1) is 0 Å². The van der Waals surface area contributed by atoms with Crippen LogP contribution in [-0.4, -0.2) is 271 Å². The standard InChI is InChI=1S/C12H27N.11BH3O3/c1-4-7-10-13(11-8-5-2)12-9-6-3;11*2-1(3)4/h4-12H2,1-3H3;11*2-4H. The maximum atomic E-state index is 7.17. The topological polar surface area (TPSA) is 671 Å². The van der Waals surface area contributed by atoms with Gasteiger partial charge in [-0.15, -0.1) is 0 Å². The molecule has 45 heteroatoms. The van der Waals surface area contributed by atoms with Gasteiger partial charge in [0.15, 0.2) is 0 Å². The summed E-state index contributed by atoms with van der Waals surface area (Å²) >= 11 is 0. The third-order valence-corrected chi connectivity index (χ3v) is 2.48. The Balaban J connectivity index is -0.0000000403. The smallest absolute Gasteiger partial charge is 0.402 e. The minimum Gasteiger partial charge on any atom is -0.402 e. The molecule has 0 radical (unpaired) electrons. The lowest BCUT2D eigenvalue weighted by atomic mass is 10.2. The van der Waals surface area contributed by atoms with Crippen molar-refractivity contribution in [1.29, 1.82) is 0 Å². The fraction of sp³-hybridized carbons (Fsp3) is 1.00. The molecule has 57 heavy (non-hydrogen) atoms. The highest BCUT2D eigenvalue weighted by Gasteiger charge is 2.02. The molecule has 0 aliphatic carbocycles. The van der Waals surface area contributed by atoms with Gasteiger partial charge in [-0.1, -0.05) is 40.0 Å². The van der Waals surface area contributed by atoms with Crippen LogP contribution in [0.15, 0.2) is 0 Å². The molecule has 0 spiro atoms. The third kappa shape index (κ3) is 1220. The predicted molar refractivity (Wildman–Crippen MR) is 198 cm³/mol. The fourth-order valence-corrected chi connectivity index (χ4v) is 1.48. The van der Waals surface area contributed by atoms with Crippen molar-refractivity contribution in [2.24, 2.45) is 0 Å². The molecule has 0 atom stereocenters. The SMILES string of the molecule is CCCCN(CCCC)CCCC.OB(O)O.OB(O)O.OB(O)O.OB(O)O.OB(O)O.OB(O)O.OB(O)O.OB(O)O.OB(O)O.OB(O)O.OB(O)O. The Bertz CT molecular complexity index is 394. The quantitative estimate of drug-likeness (QED) is 0.0957. The molecule has 0 fully saturated rings. The molecule has 0 bridgehead atoms. The van der Waals surface area contributed by atoms with E-state index in [1.54, 1.807) is 0 Å². The Morgan fingerprint density at radius 3 is 0.333 bits per heavy atom. The maximum Gasteiger partial charge on any atom is 0.631 e. The van der Waals surface area contributed by atoms with E-state index in [9.17, 15) is 0 Å². The Hall–Kier alpha value is -0.646. The molecule has 0 amide bonds. The second kappa shape index (κ2) is 83.1. The van der Waals surface area contributed by atoms with Gasteiger partial charge in [0.2, 0.25) is 0 Å². The van der Waals surface area contributed by atoms with E-state index in [1.807, 2.05) is 0 Å². The van der Waals surface area contributed by atoms with Crippen molar-refractivity contribution in [1.82, 2.24) is 4.90 Å². The summed E-state index contributed by atoms with van der Waals surface area (Å²) in [6.07, 6.45) is 8.09. The molecule has 0 rings (SSSR count). The molecule has 0 saturated heterocycles. The van der Waals surface area contributed by atoms with Gasteiger partial charge in [-0.05, 0) is 38.9 Å². The van der Waals surface area contributed by atoms with E-state index in [0.717, 1.165) is 0 Å². The molecule has 0 unspecified atom stereocenters. The van der Waals surface area contributed by atoms with Crippen LogP contribution in [0.1, 0.15) is 59.3 Å². The van der Waals surface area contributed by atoms with Gasteiger partial charge in [-0.3, -0.25) is 0 Å². The van der Waals surface area contributed by atoms with E-state index in [0.29, 0.717) is 0 Å². The summed E-state index contributed by atoms with van der Waals surface area (Å²) in [6, 6.07) is 0. The molecule has 0 aromatic rings. The van der Waals surface area contributed by atoms with Crippen LogP contribution in [0.5, 0.6) is 0 Å². The summed E-state index contributed by atoms with van der Waals surface area (Å²) in [7, 11) is -23.8. The van der Waals surface area contributed by atoms with Crippen molar-refractivity contribution in [2.45, 2.75) is 59.3 Å². The number of hydrogen-bond donors (Lipinski definition) is 33. The molecular weight excluding hydrogens is 805 g/mol. The lowest BCUT2D eigenvalue weighted by Crippen LogP contribution is -2.27. The van der Waals surface area contributed by atoms with Crippen LogP contribution < -0.4 is 0 Å². The summed E-state index contributed by atoms with van der Waals surface area (Å²) < 4.78 is 0. The van der Waals surface area contributed by atoms with Crippen molar-refractivity contribution in [2.75, 3.05) is 19.6 Å². The first-order valence-corrected chi connectivity index (χ1v) is 14.6. The Morgan fingerprint density at radius 1 is 0.211 bits per heavy atom. The van der Waals surface area contributed by atoms with E-state index in [4.69, 9.17) is 166 Å². The van der Waals surface area contributed by atoms with Gasteiger partial charge in [0, 0.05) is 0 Å². The zero-order chi connectivity index (χ0) is 49.3. The Labute approximate surface area is 330 Å². The highest BCUT2D eigenvalue weighted by Crippen LogP contribution is 2.01. The zero-order valence-electron chi connectivity index (χ0n) is 30.9. The Morgan fingerprint density at radius 2 is 0.281 bits per heavy atom. The van der Waals surface area contributed by atoms with E-state index < -0.39 is 80.5 Å². The minimum atomic E-state index is -2.17. The highest BCUT2D eigenvalue weighted by molar-refractivity contribution is 6.32. The molecule has 33 N–H and O–H groups in total. The maximum absolute atomic E-state index is 7.17. The molecule has 344 valence electrons. The molecule has 0 heterocycles. The Kier molecular flexibility index (Phi) is 128. The van der Waals surface area contributed by atoms with Gasteiger partial charge in [-0.2, -0.15) is 0 Å². The van der Waals surface area contributed by atoms with Gasteiger partial charge in [0.25, 0.3) is 0 Å². The highest BCUT2D eigenvalue weighted by atomic mass is 16.6. The predicted octanol–water partition coefficient (Wildman–Crippen LogP) is -18.9. The van der Waals surface area contributed by atoms with E-state index >= 15 is 0 Å².